The highest BCUT2D eigenvalue weighted by Crippen LogP contribution is 2.30. The van der Waals surface area contributed by atoms with E-state index in [1.54, 1.807) is 0 Å². The van der Waals surface area contributed by atoms with E-state index in [9.17, 15) is 0 Å². The van der Waals surface area contributed by atoms with Crippen LogP contribution in [0.3, 0.4) is 0 Å². The van der Waals surface area contributed by atoms with E-state index in [4.69, 9.17) is 11.6 Å². The molecule has 0 radical (unpaired) electrons. The van der Waals surface area contributed by atoms with Crippen LogP contribution in [-0.4, -0.2) is 17.1 Å². The molecule has 1 nitrogen and oxygen atoms in total. The van der Waals surface area contributed by atoms with Crippen molar-refractivity contribution in [3.8, 4) is 0 Å². The molecule has 13 heavy (non-hydrogen) atoms. The largest absolute Gasteiger partial charge is 0.287 e. The summed E-state index contributed by atoms with van der Waals surface area (Å²) in [6.45, 7) is 9.29. The summed E-state index contributed by atoms with van der Waals surface area (Å²) in [5.41, 5.74) is 1.16. The van der Waals surface area contributed by atoms with Crippen LogP contribution in [0, 0.1) is 11.8 Å². The van der Waals surface area contributed by atoms with Gasteiger partial charge in [-0.3, -0.25) is 4.99 Å². The Kier molecular flexibility index (Phi) is 3.18. The van der Waals surface area contributed by atoms with Gasteiger partial charge in [-0.15, -0.1) is 11.6 Å². The molecule has 74 valence electrons. The van der Waals surface area contributed by atoms with Crippen molar-refractivity contribution in [2.24, 2.45) is 16.8 Å². The number of nitrogens with zero attached hydrogens (tertiary/aromatic N) is 1. The van der Waals surface area contributed by atoms with E-state index in [2.05, 4.69) is 44.8 Å². The Morgan fingerprint density at radius 3 is 2.31 bits per heavy atom. The van der Waals surface area contributed by atoms with Crippen molar-refractivity contribution in [1.82, 2.24) is 0 Å². The molecule has 1 rings (SSSR count). The maximum atomic E-state index is 6.39. The third kappa shape index (κ3) is 2.34. The van der Waals surface area contributed by atoms with Crippen molar-refractivity contribution in [2.45, 2.75) is 32.6 Å². The molecular weight excluding hydrogens is 182 g/mol. The normalized spacial score (nSPS) is 28.4. The summed E-state index contributed by atoms with van der Waals surface area (Å²) in [6.07, 6.45) is 4.17. The number of halogens is 1. The number of hydrogen-bond donors (Lipinski definition) is 0. The number of allylic oxidation sites excluding steroid dienone is 1. The van der Waals surface area contributed by atoms with Crippen LogP contribution >= 0.6 is 11.6 Å². The van der Waals surface area contributed by atoms with Crippen molar-refractivity contribution in [3.05, 3.63) is 12.2 Å². The Labute approximate surface area is 85.9 Å². The van der Waals surface area contributed by atoms with Crippen molar-refractivity contribution < 1.29 is 0 Å². The third-order valence-corrected chi connectivity index (χ3v) is 3.27. The maximum absolute atomic E-state index is 6.39. The summed E-state index contributed by atoms with van der Waals surface area (Å²) >= 11 is 6.39. The van der Waals surface area contributed by atoms with E-state index >= 15 is 0 Å². The maximum Gasteiger partial charge on any atom is 0.0847 e. The van der Waals surface area contributed by atoms with Crippen molar-refractivity contribution in [1.29, 1.82) is 0 Å². The minimum atomic E-state index is -0.252. The van der Waals surface area contributed by atoms with E-state index in [0.717, 1.165) is 12.3 Å². The van der Waals surface area contributed by atoms with Crippen LogP contribution in [0.15, 0.2) is 17.1 Å². The smallest absolute Gasteiger partial charge is 0.0847 e. The molecule has 0 aromatic carbocycles. The lowest BCUT2D eigenvalue weighted by molar-refractivity contribution is 0.506. The van der Waals surface area contributed by atoms with Crippen molar-refractivity contribution in [3.63, 3.8) is 0 Å². The van der Waals surface area contributed by atoms with Gasteiger partial charge in [-0.1, -0.05) is 33.8 Å². The standard InChI is InChI=1S/C11H18ClN/c1-8(2)10-5-6-11(12,7-13-10)9(3)4/h5-6,8-9H,7H2,1-4H3. The molecule has 0 fully saturated rings. The Morgan fingerprint density at radius 1 is 1.38 bits per heavy atom. The monoisotopic (exact) mass is 199 g/mol. The molecule has 0 amide bonds. The first-order valence-corrected chi connectivity index (χ1v) is 5.26. The van der Waals surface area contributed by atoms with Crippen LogP contribution in [0.4, 0.5) is 0 Å². The fourth-order valence-corrected chi connectivity index (χ4v) is 1.41. The summed E-state index contributed by atoms with van der Waals surface area (Å²) in [5, 5.41) is 0. The topological polar surface area (TPSA) is 12.4 Å². The second kappa shape index (κ2) is 3.83. The van der Waals surface area contributed by atoms with Crippen LogP contribution in [0.25, 0.3) is 0 Å². The molecule has 1 heterocycles. The molecule has 1 aliphatic rings. The predicted molar refractivity (Wildman–Crippen MR) is 59.7 cm³/mol. The molecule has 0 aliphatic carbocycles. The Morgan fingerprint density at radius 2 is 2.00 bits per heavy atom. The summed E-state index contributed by atoms with van der Waals surface area (Å²) in [7, 11) is 0. The molecule has 0 saturated carbocycles. The quantitative estimate of drug-likeness (QED) is 0.606. The van der Waals surface area contributed by atoms with Gasteiger partial charge in [-0.25, -0.2) is 0 Å². The van der Waals surface area contributed by atoms with E-state index in [0.29, 0.717) is 11.8 Å². The summed E-state index contributed by atoms with van der Waals surface area (Å²) in [6, 6.07) is 0. The SMILES string of the molecule is CC(C)C1=NCC(Cl)(C(C)C)C=C1. The van der Waals surface area contributed by atoms with Crippen molar-refractivity contribution >= 4 is 17.3 Å². The summed E-state index contributed by atoms with van der Waals surface area (Å²) in [4.78, 5) is 4.25. The van der Waals surface area contributed by atoms with Gasteiger partial charge >= 0.3 is 0 Å². The molecule has 1 unspecified atom stereocenters. The predicted octanol–water partition coefficient (Wildman–Crippen LogP) is 3.29. The first kappa shape index (κ1) is 10.8. The highest BCUT2D eigenvalue weighted by molar-refractivity contribution is 6.26. The number of rotatable bonds is 2. The second-order valence-electron chi connectivity index (χ2n) is 4.31. The highest BCUT2D eigenvalue weighted by Gasteiger charge is 2.30. The zero-order valence-electron chi connectivity index (χ0n) is 8.84. The minimum Gasteiger partial charge on any atom is -0.287 e. The molecule has 1 atom stereocenters. The third-order valence-electron chi connectivity index (χ3n) is 2.59. The van der Waals surface area contributed by atoms with Crippen molar-refractivity contribution in [2.75, 3.05) is 6.54 Å². The Hall–Kier alpha value is -0.300. The summed E-state index contributed by atoms with van der Waals surface area (Å²) in [5.74, 6) is 0.938. The zero-order chi connectivity index (χ0) is 10.1. The molecule has 0 N–H and O–H groups in total. The van der Waals surface area contributed by atoms with Gasteiger partial charge in [-0.05, 0) is 17.9 Å². The molecule has 0 bridgehead atoms. The van der Waals surface area contributed by atoms with Gasteiger partial charge in [-0.2, -0.15) is 0 Å². The van der Waals surface area contributed by atoms with Crippen LogP contribution in [0.2, 0.25) is 0 Å². The first-order valence-electron chi connectivity index (χ1n) is 4.88. The molecule has 1 aliphatic heterocycles. The van der Waals surface area contributed by atoms with E-state index < -0.39 is 0 Å². The lowest BCUT2D eigenvalue weighted by atomic mass is 9.91. The lowest BCUT2D eigenvalue weighted by Crippen LogP contribution is -2.33. The molecule has 0 spiro atoms. The van der Waals surface area contributed by atoms with Gasteiger partial charge < -0.3 is 0 Å². The van der Waals surface area contributed by atoms with Crippen LogP contribution in [0.5, 0.6) is 0 Å². The molecule has 2 heteroatoms. The fraction of sp³-hybridized carbons (Fsp3) is 0.727. The van der Waals surface area contributed by atoms with Gasteiger partial charge in [0.2, 0.25) is 0 Å². The van der Waals surface area contributed by atoms with Gasteiger partial charge in [0.1, 0.15) is 0 Å². The van der Waals surface area contributed by atoms with E-state index in [-0.39, 0.29) is 4.87 Å². The molecule has 0 aromatic rings. The molecule has 0 aromatic heterocycles. The average molecular weight is 200 g/mol. The van der Waals surface area contributed by atoms with Crippen LogP contribution in [0.1, 0.15) is 27.7 Å². The van der Waals surface area contributed by atoms with E-state index in [1.165, 1.54) is 0 Å². The van der Waals surface area contributed by atoms with Gasteiger partial charge in [0, 0.05) is 5.71 Å². The summed E-state index contributed by atoms with van der Waals surface area (Å²) < 4.78 is 0. The average Bonchev–Trinajstić information content (AvgIpc) is 2.04. The zero-order valence-corrected chi connectivity index (χ0v) is 9.60. The molecular formula is C11H18ClN. The molecule has 0 saturated heterocycles. The Balaban J connectivity index is 2.73. The van der Waals surface area contributed by atoms with Gasteiger partial charge in [0.25, 0.3) is 0 Å². The number of aliphatic imine (C=N–C) groups is 1. The van der Waals surface area contributed by atoms with E-state index in [1.807, 2.05) is 0 Å². The van der Waals surface area contributed by atoms with Gasteiger partial charge in [0.15, 0.2) is 0 Å². The van der Waals surface area contributed by atoms with Crippen LogP contribution in [-0.2, 0) is 0 Å². The lowest BCUT2D eigenvalue weighted by Gasteiger charge is -2.29. The number of dihydropyridines is 1. The second-order valence-corrected chi connectivity index (χ2v) is 5.01. The number of alkyl halides is 1. The first-order chi connectivity index (χ1) is 5.96. The highest BCUT2D eigenvalue weighted by atomic mass is 35.5. The van der Waals surface area contributed by atoms with Crippen LogP contribution < -0.4 is 0 Å². The van der Waals surface area contributed by atoms with Gasteiger partial charge in [0.05, 0.1) is 11.4 Å². The number of hydrogen-bond acceptors (Lipinski definition) is 1. The fourth-order valence-electron chi connectivity index (χ4n) is 1.29. The Bertz CT molecular complexity index is 240. The minimum absolute atomic E-state index is 0.252.